The normalized spacial score (nSPS) is 10.3. The van der Waals surface area contributed by atoms with Crippen molar-refractivity contribution < 1.29 is 4.79 Å². The van der Waals surface area contributed by atoms with E-state index in [0.717, 1.165) is 14.5 Å². The second-order valence-corrected chi connectivity index (χ2v) is 5.92. The van der Waals surface area contributed by atoms with E-state index in [1.807, 2.05) is 25.1 Å². The van der Waals surface area contributed by atoms with Gasteiger partial charge in [0.25, 0.3) is 5.91 Å². The van der Waals surface area contributed by atoms with Gasteiger partial charge in [-0.15, -0.1) is 0 Å². The van der Waals surface area contributed by atoms with E-state index in [4.69, 9.17) is 5.73 Å². The standard InChI is InChI=1S/C14H12Br2N2O/c1-8-6-9(2-5-12(8)17)14(19)18-13-7-10(15)3-4-11(13)16/h2-7H,17H2,1H3,(H,18,19). The van der Waals surface area contributed by atoms with Crippen LogP contribution in [0.5, 0.6) is 0 Å². The minimum atomic E-state index is -0.165. The summed E-state index contributed by atoms with van der Waals surface area (Å²) >= 11 is 6.78. The summed E-state index contributed by atoms with van der Waals surface area (Å²) in [4.78, 5) is 12.2. The maximum absolute atomic E-state index is 12.2. The van der Waals surface area contributed by atoms with Gasteiger partial charge in [-0.05, 0) is 64.8 Å². The van der Waals surface area contributed by atoms with E-state index in [2.05, 4.69) is 37.2 Å². The average Bonchev–Trinajstić information content (AvgIpc) is 2.37. The Morgan fingerprint density at radius 3 is 2.58 bits per heavy atom. The number of hydrogen-bond donors (Lipinski definition) is 2. The Bertz CT molecular complexity index is 641. The van der Waals surface area contributed by atoms with Gasteiger partial charge >= 0.3 is 0 Å². The van der Waals surface area contributed by atoms with Gasteiger partial charge in [-0.25, -0.2) is 0 Å². The number of carbonyl (C=O) groups excluding carboxylic acids is 1. The first-order valence-electron chi connectivity index (χ1n) is 5.60. The van der Waals surface area contributed by atoms with E-state index < -0.39 is 0 Å². The molecule has 0 atom stereocenters. The maximum Gasteiger partial charge on any atom is 0.255 e. The maximum atomic E-state index is 12.2. The number of nitrogens with one attached hydrogen (secondary N) is 1. The number of anilines is 2. The highest BCUT2D eigenvalue weighted by Gasteiger charge is 2.09. The molecule has 0 saturated heterocycles. The second kappa shape index (κ2) is 5.75. The van der Waals surface area contributed by atoms with Gasteiger partial charge in [0.05, 0.1) is 5.69 Å². The lowest BCUT2D eigenvalue weighted by atomic mass is 10.1. The Balaban J connectivity index is 2.25. The number of hydrogen-bond acceptors (Lipinski definition) is 2. The number of amides is 1. The highest BCUT2D eigenvalue weighted by atomic mass is 79.9. The lowest BCUT2D eigenvalue weighted by Gasteiger charge is -2.09. The number of halogens is 2. The predicted molar refractivity (Wildman–Crippen MR) is 85.4 cm³/mol. The van der Waals surface area contributed by atoms with Gasteiger partial charge in [-0.1, -0.05) is 15.9 Å². The van der Waals surface area contributed by atoms with Crippen LogP contribution in [0.3, 0.4) is 0 Å². The number of nitrogens with two attached hydrogens (primary N) is 1. The Hall–Kier alpha value is -1.33. The Morgan fingerprint density at radius 1 is 1.16 bits per heavy atom. The fourth-order valence-corrected chi connectivity index (χ4v) is 2.31. The minimum Gasteiger partial charge on any atom is -0.399 e. The van der Waals surface area contributed by atoms with Crippen LogP contribution in [0.25, 0.3) is 0 Å². The van der Waals surface area contributed by atoms with Crippen molar-refractivity contribution in [3.8, 4) is 0 Å². The van der Waals surface area contributed by atoms with Crippen LogP contribution in [0.15, 0.2) is 45.3 Å². The molecule has 0 heterocycles. The molecule has 0 aliphatic rings. The Labute approximate surface area is 128 Å². The van der Waals surface area contributed by atoms with Crippen LogP contribution in [0.2, 0.25) is 0 Å². The van der Waals surface area contributed by atoms with Gasteiger partial charge in [0, 0.05) is 20.2 Å². The third-order valence-electron chi connectivity index (χ3n) is 2.71. The van der Waals surface area contributed by atoms with Gasteiger partial charge in [0.1, 0.15) is 0 Å². The second-order valence-electron chi connectivity index (χ2n) is 4.15. The minimum absolute atomic E-state index is 0.165. The molecule has 0 unspecified atom stereocenters. The van der Waals surface area contributed by atoms with Crippen LogP contribution in [0, 0.1) is 6.92 Å². The van der Waals surface area contributed by atoms with Crippen molar-refractivity contribution in [2.24, 2.45) is 0 Å². The largest absolute Gasteiger partial charge is 0.399 e. The summed E-state index contributed by atoms with van der Waals surface area (Å²) in [5, 5.41) is 2.86. The van der Waals surface area contributed by atoms with Crippen molar-refractivity contribution in [3.05, 3.63) is 56.5 Å². The number of nitrogen functional groups attached to an aromatic ring is 1. The molecular formula is C14H12Br2N2O. The first kappa shape index (κ1) is 14.1. The Kier molecular flexibility index (Phi) is 4.27. The SMILES string of the molecule is Cc1cc(C(=O)Nc2cc(Br)ccc2Br)ccc1N. The monoisotopic (exact) mass is 382 g/mol. The molecule has 0 aliphatic heterocycles. The zero-order chi connectivity index (χ0) is 14.0. The summed E-state index contributed by atoms with van der Waals surface area (Å²) < 4.78 is 1.73. The molecule has 0 saturated carbocycles. The van der Waals surface area contributed by atoms with E-state index in [1.54, 1.807) is 18.2 Å². The van der Waals surface area contributed by atoms with Crippen molar-refractivity contribution in [2.75, 3.05) is 11.1 Å². The lowest BCUT2D eigenvalue weighted by Crippen LogP contribution is -2.12. The molecule has 0 aliphatic carbocycles. The molecule has 1 amide bonds. The van der Waals surface area contributed by atoms with E-state index in [-0.39, 0.29) is 5.91 Å². The van der Waals surface area contributed by atoms with Crippen LogP contribution < -0.4 is 11.1 Å². The van der Waals surface area contributed by atoms with Crippen molar-refractivity contribution in [1.29, 1.82) is 0 Å². The van der Waals surface area contributed by atoms with Crippen LogP contribution in [0.4, 0.5) is 11.4 Å². The highest BCUT2D eigenvalue weighted by Crippen LogP contribution is 2.26. The van der Waals surface area contributed by atoms with Gasteiger partial charge in [-0.3, -0.25) is 4.79 Å². The summed E-state index contributed by atoms with van der Waals surface area (Å²) in [5.74, 6) is -0.165. The Morgan fingerprint density at radius 2 is 1.89 bits per heavy atom. The van der Waals surface area contributed by atoms with Gasteiger partial charge in [0.15, 0.2) is 0 Å². The predicted octanol–water partition coefficient (Wildman–Crippen LogP) is 4.35. The number of benzene rings is 2. The molecule has 0 spiro atoms. The zero-order valence-corrected chi connectivity index (χ0v) is 13.4. The van der Waals surface area contributed by atoms with E-state index in [9.17, 15) is 4.79 Å². The van der Waals surface area contributed by atoms with Crippen molar-refractivity contribution in [2.45, 2.75) is 6.92 Å². The molecule has 98 valence electrons. The van der Waals surface area contributed by atoms with Gasteiger partial charge in [0.2, 0.25) is 0 Å². The fourth-order valence-electron chi connectivity index (χ4n) is 1.60. The molecule has 3 nitrogen and oxygen atoms in total. The molecule has 2 aromatic carbocycles. The molecule has 2 aromatic rings. The van der Waals surface area contributed by atoms with Crippen LogP contribution >= 0.6 is 31.9 Å². The summed E-state index contributed by atoms with van der Waals surface area (Å²) in [6, 6.07) is 10.8. The van der Waals surface area contributed by atoms with E-state index in [0.29, 0.717) is 16.9 Å². The van der Waals surface area contributed by atoms with E-state index >= 15 is 0 Å². The summed E-state index contributed by atoms with van der Waals surface area (Å²) in [7, 11) is 0. The molecular weight excluding hydrogens is 372 g/mol. The first-order chi connectivity index (χ1) is 8.97. The summed E-state index contributed by atoms with van der Waals surface area (Å²) in [5.41, 5.74) is 8.61. The van der Waals surface area contributed by atoms with Crippen molar-refractivity contribution in [1.82, 2.24) is 0 Å². The van der Waals surface area contributed by atoms with Crippen LogP contribution in [-0.4, -0.2) is 5.91 Å². The van der Waals surface area contributed by atoms with E-state index in [1.165, 1.54) is 0 Å². The quantitative estimate of drug-likeness (QED) is 0.757. The topological polar surface area (TPSA) is 55.1 Å². The lowest BCUT2D eigenvalue weighted by molar-refractivity contribution is 0.102. The van der Waals surface area contributed by atoms with Crippen molar-refractivity contribution in [3.63, 3.8) is 0 Å². The smallest absolute Gasteiger partial charge is 0.255 e. The van der Waals surface area contributed by atoms with Crippen molar-refractivity contribution >= 4 is 49.1 Å². The molecule has 5 heteroatoms. The van der Waals surface area contributed by atoms with Gasteiger partial charge in [-0.2, -0.15) is 0 Å². The van der Waals surface area contributed by atoms with Gasteiger partial charge < -0.3 is 11.1 Å². The molecule has 0 fully saturated rings. The summed E-state index contributed by atoms with van der Waals surface area (Å²) in [6.07, 6.45) is 0. The zero-order valence-electron chi connectivity index (χ0n) is 10.2. The molecule has 2 rings (SSSR count). The summed E-state index contributed by atoms with van der Waals surface area (Å²) in [6.45, 7) is 1.88. The molecule has 3 N–H and O–H groups in total. The molecule has 0 aromatic heterocycles. The molecule has 19 heavy (non-hydrogen) atoms. The fraction of sp³-hybridized carbons (Fsp3) is 0.0714. The van der Waals surface area contributed by atoms with Crippen LogP contribution in [0.1, 0.15) is 15.9 Å². The first-order valence-corrected chi connectivity index (χ1v) is 7.18. The number of aryl methyl sites for hydroxylation is 1. The molecule has 0 bridgehead atoms. The third-order valence-corrected chi connectivity index (χ3v) is 3.89. The number of rotatable bonds is 2. The van der Waals surface area contributed by atoms with Crippen LogP contribution in [-0.2, 0) is 0 Å². The molecule has 0 radical (unpaired) electrons. The average molecular weight is 384 g/mol. The number of carbonyl (C=O) groups is 1. The highest BCUT2D eigenvalue weighted by molar-refractivity contribution is 9.11. The third kappa shape index (κ3) is 3.36.